The summed E-state index contributed by atoms with van der Waals surface area (Å²) in [6, 6.07) is 8.35. The molecule has 4 heterocycles. The lowest BCUT2D eigenvalue weighted by molar-refractivity contribution is -0.274. The van der Waals surface area contributed by atoms with Crippen molar-refractivity contribution in [1.82, 2.24) is 10.1 Å². The molecular formula is C30H32F3N3O5. The van der Waals surface area contributed by atoms with Crippen LogP contribution in [0, 0.1) is 12.8 Å². The van der Waals surface area contributed by atoms with Crippen molar-refractivity contribution in [2.75, 3.05) is 12.0 Å². The van der Waals surface area contributed by atoms with Gasteiger partial charge in [0.05, 0.1) is 25.4 Å². The molecule has 2 aromatic heterocycles. The van der Waals surface area contributed by atoms with Crippen molar-refractivity contribution in [2.45, 2.75) is 83.0 Å². The highest BCUT2D eigenvalue weighted by atomic mass is 19.4. The van der Waals surface area contributed by atoms with E-state index in [9.17, 15) is 18.0 Å². The topological polar surface area (TPSA) is 86.9 Å². The first-order valence-electron chi connectivity index (χ1n) is 13.9. The number of nitrogens with zero attached hydrogens (tertiary/aromatic N) is 3. The summed E-state index contributed by atoms with van der Waals surface area (Å²) < 4.78 is 60.6. The maximum absolute atomic E-state index is 13.1. The van der Waals surface area contributed by atoms with Crippen LogP contribution < -0.4 is 9.64 Å². The molecule has 218 valence electrons. The van der Waals surface area contributed by atoms with Crippen molar-refractivity contribution in [2.24, 2.45) is 5.92 Å². The lowest BCUT2D eigenvalue weighted by atomic mass is 9.96. The number of anilines is 1. The Morgan fingerprint density at radius 2 is 1.95 bits per heavy atom. The monoisotopic (exact) mass is 571 g/mol. The van der Waals surface area contributed by atoms with Crippen molar-refractivity contribution in [3.05, 3.63) is 59.0 Å². The third-order valence-corrected chi connectivity index (χ3v) is 8.45. The second-order valence-corrected chi connectivity index (χ2v) is 11.3. The summed E-state index contributed by atoms with van der Waals surface area (Å²) in [5.74, 6) is 1.42. The number of carbonyl (C=O) groups excluding carboxylic acids is 1. The first-order chi connectivity index (χ1) is 19.6. The van der Waals surface area contributed by atoms with E-state index in [4.69, 9.17) is 14.0 Å². The average molecular weight is 572 g/mol. The highest BCUT2D eigenvalue weighted by Gasteiger charge is 2.46. The predicted octanol–water partition coefficient (Wildman–Crippen LogP) is 6.57. The molecule has 3 aliphatic rings. The van der Waals surface area contributed by atoms with E-state index in [1.54, 1.807) is 18.3 Å². The van der Waals surface area contributed by atoms with Crippen molar-refractivity contribution < 1.29 is 36.7 Å². The number of pyridine rings is 1. The normalized spacial score (nSPS) is 24.0. The Morgan fingerprint density at radius 1 is 1.17 bits per heavy atom. The van der Waals surface area contributed by atoms with Crippen molar-refractivity contribution in [1.29, 1.82) is 0 Å². The molecule has 6 rings (SSSR count). The number of aryl methyl sites for hydroxylation is 1. The van der Waals surface area contributed by atoms with Crippen LogP contribution in [-0.4, -0.2) is 47.8 Å². The van der Waals surface area contributed by atoms with Crippen LogP contribution in [0.4, 0.5) is 19.0 Å². The number of hydrogen-bond donors (Lipinski definition) is 0. The Bertz CT molecular complexity index is 1440. The molecule has 1 aliphatic carbocycles. The molecule has 3 fully saturated rings. The quantitative estimate of drug-likeness (QED) is 0.281. The zero-order valence-corrected chi connectivity index (χ0v) is 23.1. The predicted molar refractivity (Wildman–Crippen MR) is 143 cm³/mol. The molecule has 4 atom stereocenters. The van der Waals surface area contributed by atoms with Crippen molar-refractivity contribution in [3.63, 3.8) is 0 Å². The van der Waals surface area contributed by atoms with Gasteiger partial charge < -0.3 is 23.6 Å². The fraction of sp³-hybridized carbons (Fsp3) is 0.500. The van der Waals surface area contributed by atoms with E-state index < -0.39 is 12.3 Å². The lowest BCUT2D eigenvalue weighted by Gasteiger charge is -2.40. The van der Waals surface area contributed by atoms with E-state index >= 15 is 0 Å². The van der Waals surface area contributed by atoms with E-state index in [1.165, 1.54) is 19.2 Å². The van der Waals surface area contributed by atoms with Gasteiger partial charge in [0.2, 0.25) is 0 Å². The summed E-state index contributed by atoms with van der Waals surface area (Å²) in [5.41, 5.74) is 2.50. The minimum Gasteiger partial charge on any atom is -0.465 e. The maximum atomic E-state index is 13.1. The molecule has 3 unspecified atom stereocenters. The molecule has 1 aromatic carbocycles. The standard InChI is InChI=1S/C30H32F3N3O5/c1-16-11-26(34-14-22(16)29(37)38-3)36-19-10-17(2)24(36)13-20(12-19)39-15-23-27(35-41-28(23)18-8-9-18)21-6-4-5-7-25(21)40-30(31,32)33/h4-7,11,14,17-20,24H,8-10,12-13,15H2,1-3H3/t17-,19?,20?,24?/m1/s1. The molecular weight excluding hydrogens is 539 g/mol. The van der Waals surface area contributed by atoms with E-state index in [1.807, 2.05) is 13.0 Å². The van der Waals surface area contributed by atoms with E-state index in [0.29, 0.717) is 28.5 Å². The number of rotatable bonds is 8. The molecule has 0 N–H and O–H groups in total. The number of methoxy groups -OCH3 is 1. The lowest BCUT2D eigenvalue weighted by Crippen LogP contribution is -2.47. The molecule has 8 nitrogen and oxygen atoms in total. The van der Waals surface area contributed by atoms with Crippen LogP contribution in [0.15, 0.2) is 41.1 Å². The van der Waals surface area contributed by atoms with Crippen LogP contribution in [0.1, 0.15) is 72.2 Å². The average Bonchev–Trinajstić information content (AvgIpc) is 3.65. The Hall–Kier alpha value is -3.60. The number of carbonyl (C=O) groups is 1. The third-order valence-electron chi connectivity index (χ3n) is 8.45. The highest BCUT2D eigenvalue weighted by molar-refractivity contribution is 5.90. The summed E-state index contributed by atoms with van der Waals surface area (Å²) in [6.45, 7) is 4.30. The number of esters is 1. The molecule has 2 saturated heterocycles. The van der Waals surface area contributed by atoms with Crippen LogP contribution in [-0.2, 0) is 16.1 Å². The first kappa shape index (κ1) is 27.6. The Balaban J connectivity index is 1.21. The van der Waals surface area contributed by atoms with Crippen LogP contribution in [0.2, 0.25) is 0 Å². The number of aromatic nitrogens is 2. The molecule has 0 amide bonds. The fourth-order valence-corrected chi connectivity index (χ4v) is 6.39. The van der Waals surface area contributed by atoms with Gasteiger partial charge >= 0.3 is 12.3 Å². The van der Waals surface area contributed by atoms with E-state index in [2.05, 4.69) is 26.7 Å². The number of alkyl halides is 3. The summed E-state index contributed by atoms with van der Waals surface area (Å²) in [4.78, 5) is 19.0. The first-order valence-corrected chi connectivity index (χ1v) is 13.9. The van der Waals surface area contributed by atoms with E-state index in [-0.39, 0.29) is 42.0 Å². The number of hydrogen-bond acceptors (Lipinski definition) is 8. The zero-order chi connectivity index (χ0) is 28.9. The Kier molecular flexibility index (Phi) is 7.17. The van der Waals surface area contributed by atoms with E-state index in [0.717, 1.165) is 43.5 Å². The largest absolute Gasteiger partial charge is 0.573 e. The van der Waals surface area contributed by atoms with Crippen LogP contribution in [0.5, 0.6) is 5.75 Å². The summed E-state index contributed by atoms with van der Waals surface area (Å²) >= 11 is 0. The second kappa shape index (κ2) is 10.7. The van der Waals surface area contributed by atoms with Gasteiger partial charge in [-0.05, 0) is 68.7 Å². The molecule has 3 aromatic rings. The van der Waals surface area contributed by atoms with Crippen molar-refractivity contribution in [3.8, 4) is 17.0 Å². The van der Waals surface area contributed by atoms with Gasteiger partial charge in [0.1, 0.15) is 23.0 Å². The Morgan fingerprint density at radius 3 is 2.63 bits per heavy atom. The molecule has 2 bridgehead atoms. The van der Waals surface area contributed by atoms with Crippen LogP contribution >= 0.6 is 0 Å². The molecule has 0 spiro atoms. The molecule has 41 heavy (non-hydrogen) atoms. The smallest absolute Gasteiger partial charge is 0.465 e. The van der Waals surface area contributed by atoms with Gasteiger partial charge in [-0.25, -0.2) is 9.78 Å². The SMILES string of the molecule is COC(=O)c1cnc(N2C3CC(OCc4c(-c5ccccc5OC(F)(F)F)noc4C4CC4)CC2[C@H](C)C3)cc1C. The molecule has 0 radical (unpaired) electrons. The summed E-state index contributed by atoms with van der Waals surface area (Å²) in [6.07, 6.45) is 1.17. The maximum Gasteiger partial charge on any atom is 0.573 e. The minimum atomic E-state index is -4.83. The van der Waals surface area contributed by atoms with Gasteiger partial charge in [0.25, 0.3) is 0 Å². The highest BCUT2D eigenvalue weighted by Crippen LogP contribution is 2.47. The number of para-hydroxylation sites is 1. The minimum absolute atomic E-state index is 0.0434. The van der Waals surface area contributed by atoms with Gasteiger partial charge in [0.15, 0.2) is 0 Å². The van der Waals surface area contributed by atoms with Gasteiger partial charge in [0, 0.05) is 35.3 Å². The third kappa shape index (κ3) is 5.51. The van der Waals surface area contributed by atoms with Gasteiger partial charge in [-0.3, -0.25) is 0 Å². The van der Waals surface area contributed by atoms with Gasteiger partial charge in [-0.2, -0.15) is 0 Å². The number of piperidine rings is 1. The van der Waals surface area contributed by atoms with Gasteiger partial charge in [-0.15, -0.1) is 13.2 Å². The zero-order valence-electron chi connectivity index (χ0n) is 23.1. The van der Waals surface area contributed by atoms with Crippen LogP contribution in [0.3, 0.4) is 0 Å². The Labute approximate surface area is 235 Å². The van der Waals surface area contributed by atoms with Crippen LogP contribution in [0.25, 0.3) is 11.3 Å². The number of fused-ring (bicyclic) bond motifs is 2. The fourth-order valence-electron chi connectivity index (χ4n) is 6.39. The second-order valence-electron chi connectivity index (χ2n) is 11.3. The number of halogens is 3. The molecule has 1 saturated carbocycles. The van der Waals surface area contributed by atoms with Gasteiger partial charge in [-0.1, -0.05) is 24.2 Å². The number of ether oxygens (including phenoxy) is 3. The number of benzene rings is 1. The molecule has 2 aliphatic heterocycles. The van der Waals surface area contributed by atoms with Crippen molar-refractivity contribution >= 4 is 11.8 Å². The summed E-state index contributed by atoms with van der Waals surface area (Å²) in [5, 5.41) is 4.19. The molecule has 11 heteroatoms. The summed E-state index contributed by atoms with van der Waals surface area (Å²) in [7, 11) is 1.35.